The third-order valence-corrected chi connectivity index (χ3v) is 5.21. The van der Waals surface area contributed by atoms with Crippen molar-refractivity contribution in [1.29, 1.82) is 0 Å². The third kappa shape index (κ3) is 3.00. The molecule has 1 aromatic heterocycles. The lowest BCUT2D eigenvalue weighted by atomic mass is 10.0. The molecular weight excluding hydrogens is 332 g/mol. The van der Waals surface area contributed by atoms with Crippen LogP contribution in [0.3, 0.4) is 0 Å². The van der Waals surface area contributed by atoms with Crippen LogP contribution in [0.4, 0.5) is 0 Å². The van der Waals surface area contributed by atoms with Gasteiger partial charge in [0.25, 0.3) is 5.91 Å². The highest BCUT2D eigenvalue weighted by atomic mass is 16.5. The molecule has 0 spiro atoms. The lowest BCUT2D eigenvalue weighted by molar-refractivity contribution is -0.141. The van der Waals surface area contributed by atoms with Gasteiger partial charge in [0.15, 0.2) is 0 Å². The van der Waals surface area contributed by atoms with E-state index in [1.54, 1.807) is 14.0 Å². The van der Waals surface area contributed by atoms with Gasteiger partial charge in [0, 0.05) is 23.0 Å². The van der Waals surface area contributed by atoms with Gasteiger partial charge in [-0.3, -0.25) is 9.78 Å². The monoisotopic (exact) mass is 354 g/mol. The van der Waals surface area contributed by atoms with Gasteiger partial charge < -0.3 is 14.7 Å². The Labute approximate surface area is 151 Å². The van der Waals surface area contributed by atoms with Crippen molar-refractivity contribution in [3.8, 4) is 5.75 Å². The Balaban J connectivity index is 1.84. The Morgan fingerprint density at radius 3 is 2.54 bits per heavy atom. The molecule has 1 atom stereocenters. The molecule has 26 heavy (non-hydrogen) atoms. The molecule has 136 valence electrons. The number of amides is 1. The molecule has 1 unspecified atom stereocenters. The van der Waals surface area contributed by atoms with Crippen molar-refractivity contribution in [3.63, 3.8) is 0 Å². The van der Waals surface area contributed by atoms with E-state index in [0.29, 0.717) is 22.6 Å². The molecule has 0 radical (unpaired) electrons. The number of rotatable bonds is 6. The van der Waals surface area contributed by atoms with Gasteiger partial charge in [-0.05, 0) is 56.9 Å². The van der Waals surface area contributed by atoms with E-state index in [1.807, 2.05) is 24.3 Å². The fourth-order valence-electron chi connectivity index (χ4n) is 3.39. The number of nitrogens with zero attached hydrogens (tertiary/aromatic N) is 2. The van der Waals surface area contributed by atoms with Gasteiger partial charge >= 0.3 is 5.97 Å². The van der Waals surface area contributed by atoms with Gasteiger partial charge in [-0.1, -0.05) is 0 Å². The fraction of sp³-hybridized carbons (Fsp3) is 0.450. The zero-order chi connectivity index (χ0) is 18.4. The first-order chi connectivity index (χ1) is 12.5. The van der Waals surface area contributed by atoms with Crippen molar-refractivity contribution in [3.05, 3.63) is 35.5 Å². The standard InChI is InChI=1S/C20H22N2O4/c1-11(20(24)25)22(13-5-6-13)19(23)16-10-18(12-3-4-12)21-17-8-7-14(26-2)9-15(16)17/h7-13H,3-6H2,1-2H3,(H,24,25). The van der Waals surface area contributed by atoms with E-state index in [4.69, 9.17) is 9.72 Å². The highest BCUT2D eigenvalue weighted by molar-refractivity contribution is 6.07. The Morgan fingerprint density at radius 1 is 1.23 bits per heavy atom. The van der Waals surface area contributed by atoms with Crippen LogP contribution in [0.25, 0.3) is 10.9 Å². The van der Waals surface area contributed by atoms with Crippen molar-refractivity contribution in [2.24, 2.45) is 0 Å². The number of hydrogen-bond donors (Lipinski definition) is 1. The summed E-state index contributed by atoms with van der Waals surface area (Å²) in [5.74, 6) is -0.162. The van der Waals surface area contributed by atoms with E-state index in [1.165, 1.54) is 4.90 Å². The maximum atomic E-state index is 13.4. The number of aromatic nitrogens is 1. The molecule has 0 bridgehead atoms. The molecule has 6 nitrogen and oxygen atoms in total. The summed E-state index contributed by atoms with van der Waals surface area (Å²) >= 11 is 0. The molecule has 1 amide bonds. The first-order valence-corrected chi connectivity index (χ1v) is 9.03. The summed E-state index contributed by atoms with van der Waals surface area (Å²) in [6.07, 6.45) is 3.87. The van der Waals surface area contributed by atoms with Gasteiger partial charge in [0.1, 0.15) is 11.8 Å². The number of aliphatic carboxylic acids is 1. The average Bonchev–Trinajstić information content (AvgIpc) is 3.53. The molecule has 2 aromatic rings. The van der Waals surface area contributed by atoms with Crippen LogP contribution in [0, 0.1) is 0 Å². The van der Waals surface area contributed by atoms with E-state index in [-0.39, 0.29) is 11.9 Å². The van der Waals surface area contributed by atoms with Crippen molar-refractivity contribution in [2.75, 3.05) is 7.11 Å². The molecule has 2 saturated carbocycles. The second-order valence-corrected chi connectivity index (χ2v) is 7.21. The minimum absolute atomic E-state index is 0.00629. The van der Waals surface area contributed by atoms with Crippen LogP contribution in [-0.4, -0.2) is 46.1 Å². The second kappa shape index (κ2) is 6.27. The van der Waals surface area contributed by atoms with Gasteiger partial charge in [-0.2, -0.15) is 0 Å². The molecule has 2 aliphatic carbocycles. The number of carboxylic acid groups (broad SMARTS) is 1. The summed E-state index contributed by atoms with van der Waals surface area (Å²) in [5, 5.41) is 10.2. The Kier molecular flexibility index (Phi) is 4.05. The van der Waals surface area contributed by atoms with Crippen molar-refractivity contribution >= 4 is 22.8 Å². The van der Waals surface area contributed by atoms with Crippen LogP contribution in [-0.2, 0) is 4.79 Å². The van der Waals surface area contributed by atoms with E-state index in [2.05, 4.69) is 0 Å². The van der Waals surface area contributed by atoms with Crippen LogP contribution in [0.2, 0.25) is 0 Å². The summed E-state index contributed by atoms with van der Waals surface area (Å²) in [6.45, 7) is 1.57. The molecule has 0 saturated heterocycles. The van der Waals surface area contributed by atoms with E-state index >= 15 is 0 Å². The summed E-state index contributed by atoms with van der Waals surface area (Å²) < 4.78 is 5.31. The SMILES string of the molecule is COc1ccc2nc(C3CC3)cc(C(=O)N(C3CC3)C(C)C(=O)O)c2c1. The summed E-state index contributed by atoms with van der Waals surface area (Å²) in [4.78, 5) is 31.1. The van der Waals surface area contributed by atoms with Gasteiger partial charge in [0.2, 0.25) is 0 Å². The first-order valence-electron chi connectivity index (χ1n) is 9.03. The lowest BCUT2D eigenvalue weighted by Gasteiger charge is -2.27. The maximum Gasteiger partial charge on any atom is 0.326 e. The van der Waals surface area contributed by atoms with Crippen LogP contribution >= 0.6 is 0 Å². The zero-order valence-electron chi connectivity index (χ0n) is 14.9. The number of hydrogen-bond acceptors (Lipinski definition) is 4. The molecule has 2 aliphatic rings. The van der Waals surface area contributed by atoms with E-state index < -0.39 is 12.0 Å². The normalized spacial score (nSPS) is 17.8. The number of carbonyl (C=O) groups excluding carboxylic acids is 1. The number of methoxy groups -OCH3 is 1. The van der Waals surface area contributed by atoms with Gasteiger partial charge in [-0.15, -0.1) is 0 Å². The minimum atomic E-state index is -0.983. The Morgan fingerprint density at radius 2 is 1.96 bits per heavy atom. The first kappa shape index (κ1) is 16.8. The predicted molar refractivity (Wildman–Crippen MR) is 96.6 cm³/mol. The van der Waals surface area contributed by atoms with E-state index in [0.717, 1.165) is 36.9 Å². The van der Waals surface area contributed by atoms with Gasteiger partial charge in [-0.25, -0.2) is 4.79 Å². The van der Waals surface area contributed by atoms with Crippen LogP contribution in [0.15, 0.2) is 24.3 Å². The third-order valence-electron chi connectivity index (χ3n) is 5.21. The summed E-state index contributed by atoms with van der Waals surface area (Å²) in [6, 6.07) is 6.51. The molecule has 4 rings (SSSR count). The second-order valence-electron chi connectivity index (χ2n) is 7.21. The Bertz CT molecular complexity index is 887. The number of pyridine rings is 1. The quantitative estimate of drug-likeness (QED) is 0.862. The van der Waals surface area contributed by atoms with Crippen molar-refractivity contribution in [2.45, 2.75) is 50.6 Å². The van der Waals surface area contributed by atoms with Crippen molar-refractivity contribution < 1.29 is 19.4 Å². The van der Waals surface area contributed by atoms with Crippen LogP contribution in [0.5, 0.6) is 5.75 Å². The molecule has 1 heterocycles. The Hall–Kier alpha value is -2.63. The van der Waals surface area contributed by atoms with Crippen molar-refractivity contribution in [1.82, 2.24) is 9.88 Å². The molecule has 1 N–H and O–H groups in total. The molecule has 6 heteroatoms. The largest absolute Gasteiger partial charge is 0.497 e. The number of carboxylic acids is 1. The summed E-state index contributed by atoms with van der Waals surface area (Å²) in [5.41, 5.74) is 2.19. The topological polar surface area (TPSA) is 79.7 Å². The molecule has 1 aromatic carbocycles. The highest BCUT2D eigenvalue weighted by Crippen LogP contribution is 2.41. The van der Waals surface area contributed by atoms with Crippen LogP contribution in [0.1, 0.15) is 54.6 Å². The van der Waals surface area contributed by atoms with Crippen LogP contribution < -0.4 is 4.74 Å². The number of ether oxygens (including phenoxy) is 1. The maximum absolute atomic E-state index is 13.4. The molecule has 0 aliphatic heterocycles. The average molecular weight is 354 g/mol. The number of carbonyl (C=O) groups is 2. The molecule has 2 fully saturated rings. The molecular formula is C20H22N2O4. The highest BCUT2D eigenvalue weighted by Gasteiger charge is 2.39. The lowest BCUT2D eigenvalue weighted by Crippen LogP contribution is -2.44. The van der Waals surface area contributed by atoms with E-state index in [9.17, 15) is 14.7 Å². The fourth-order valence-corrected chi connectivity index (χ4v) is 3.39. The zero-order valence-corrected chi connectivity index (χ0v) is 14.9. The number of benzene rings is 1. The van der Waals surface area contributed by atoms with Gasteiger partial charge in [0.05, 0.1) is 18.2 Å². The smallest absolute Gasteiger partial charge is 0.326 e. The number of fused-ring (bicyclic) bond motifs is 1. The predicted octanol–water partition coefficient (Wildman–Crippen LogP) is 3.20. The minimum Gasteiger partial charge on any atom is -0.497 e. The summed E-state index contributed by atoms with van der Waals surface area (Å²) in [7, 11) is 1.58.